The Bertz CT molecular complexity index is 691. The third kappa shape index (κ3) is 1.67. The molecule has 0 spiro atoms. The quantitative estimate of drug-likeness (QED) is 0.594. The lowest BCUT2D eigenvalue weighted by molar-refractivity contribution is 0.473. The van der Waals surface area contributed by atoms with Gasteiger partial charge in [0.05, 0.1) is 17.2 Å². The highest BCUT2D eigenvalue weighted by molar-refractivity contribution is 5.80. The molecule has 5 heteroatoms. The Morgan fingerprint density at radius 2 is 1.88 bits per heavy atom. The second-order valence-corrected chi connectivity index (χ2v) is 3.72. The summed E-state index contributed by atoms with van der Waals surface area (Å²) in [5.74, 6) is 0.876. The number of nitrogens with one attached hydrogen (secondary N) is 1. The molecule has 3 N–H and O–H groups in total. The number of imidazole rings is 1. The van der Waals surface area contributed by atoms with E-state index in [0.29, 0.717) is 11.4 Å². The first kappa shape index (κ1) is 9.65. The predicted molar refractivity (Wildman–Crippen MR) is 62.7 cm³/mol. The smallest absolute Gasteiger partial charge is 0.140 e. The zero-order valence-electron chi connectivity index (χ0n) is 8.75. The topological polar surface area (TPSA) is 82.0 Å². The standard InChI is InChI=1S/C12H9N3O2/c16-8-1-2-10-11(4-8)15-12(14-10)7-3-9(17)6-13-5-7/h1-6,16-17H,(H,14,15). The third-order valence-corrected chi connectivity index (χ3v) is 2.46. The van der Waals surface area contributed by atoms with Gasteiger partial charge in [-0.2, -0.15) is 0 Å². The van der Waals surface area contributed by atoms with Crippen LogP contribution in [0.2, 0.25) is 0 Å². The SMILES string of the molecule is Oc1cncc(-c2nc3ccc(O)cc3[nH]2)c1. The van der Waals surface area contributed by atoms with Gasteiger partial charge in [0.15, 0.2) is 0 Å². The molecule has 1 aromatic carbocycles. The molecule has 0 atom stereocenters. The van der Waals surface area contributed by atoms with E-state index in [9.17, 15) is 10.2 Å². The molecule has 2 heterocycles. The van der Waals surface area contributed by atoms with E-state index in [1.54, 1.807) is 30.5 Å². The first-order chi connectivity index (χ1) is 8.22. The maximum Gasteiger partial charge on any atom is 0.140 e. The van der Waals surface area contributed by atoms with E-state index in [-0.39, 0.29) is 11.5 Å². The molecule has 0 aliphatic carbocycles. The van der Waals surface area contributed by atoms with Crippen molar-refractivity contribution >= 4 is 11.0 Å². The Morgan fingerprint density at radius 3 is 2.71 bits per heavy atom. The van der Waals surface area contributed by atoms with Crippen molar-refractivity contribution in [1.29, 1.82) is 0 Å². The summed E-state index contributed by atoms with van der Waals surface area (Å²) in [6, 6.07) is 6.47. The Hall–Kier alpha value is -2.56. The number of pyridine rings is 1. The van der Waals surface area contributed by atoms with Gasteiger partial charge < -0.3 is 15.2 Å². The molecule has 17 heavy (non-hydrogen) atoms. The lowest BCUT2D eigenvalue weighted by Gasteiger charge is -1.95. The van der Waals surface area contributed by atoms with Crippen molar-refractivity contribution in [1.82, 2.24) is 15.0 Å². The highest BCUT2D eigenvalue weighted by atomic mass is 16.3. The van der Waals surface area contributed by atoms with Crippen molar-refractivity contribution in [2.24, 2.45) is 0 Å². The van der Waals surface area contributed by atoms with Crippen molar-refractivity contribution in [3.8, 4) is 22.9 Å². The summed E-state index contributed by atoms with van der Waals surface area (Å²) in [5, 5.41) is 18.7. The summed E-state index contributed by atoms with van der Waals surface area (Å²) in [4.78, 5) is 11.3. The number of hydrogen-bond acceptors (Lipinski definition) is 4. The van der Waals surface area contributed by atoms with Crippen LogP contribution in [0.15, 0.2) is 36.7 Å². The van der Waals surface area contributed by atoms with Gasteiger partial charge in [0, 0.05) is 17.8 Å². The zero-order valence-corrected chi connectivity index (χ0v) is 8.75. The van der Waals surface area contributed by atoms with Crippen LogP contribution in [0.1, 0.15) is 0 Å². The van der Waals surface area contributed by atoms with Crippen LogP contribution in [0.25, 0.3) is 22.4 Å². The molecule has 0 amide bonds. The van der Waals surface area contributed by atoms with E-state index in [1.165, 1.54) is 6.20 Å². The van der Waals surface area contributed by atoms with Crippen LogP contribution in [-0.4, -0.2) is 25.2 Å². The van der Waals surface area contributed by atoms with Gasteiger partial charge in [0.1, 0.15) is 17.3 Å². The van der Waals surface area contributed by atoms with Crippen molar-refractivity contribution in [3.05, 3.63) is 36.7 Å². The molecule has 3 aromatic rings. The number of aromatic hydroxyl groups is 2. The second-order valence-electron chi connectivity index (χ2n) is 3.72. The lowest BCUT2D eigenvalue weighted by atomic mass is 10.2. The Labute approximate surface area is 96.4 Å². The molecule has 0 saturated carbocycles. The first-order valence-corrected chi connectivity index (χ1v) is 5.05. The molecule has 0 unspecified atom stereocenters. The van der Waals surface area contributed by atoms with Crippen LogP contribution < -0.4 is 0 Å². The van der Waals surface area contributed by atoms with Crippen molar-refractivity contribution in [2.75, 3.05) is 0 Å². The number of H-pyrrole nitrogens is 1. The number of fused-ring (bicyclic) bond motifs is 1. The van der Waals surface area contributed by atoms with Crippen LogP contribution in [0.4, 0.5) is 0 Å². The highest BCUT2D eigenvalue weighted by Gasteiger charge is 2.06. The lowest BCUT2D eigenvalue weighted by Crippen LogP contribution is -1.81. The number of benzene rings is 1. The fourth-order valence-corrected chi connectivity index (χ4v) is 1.69. The van der Waals surface area contributed by atoms with Gasteiger partial charge in [-0.1, -0.05) is 0 Å². The molecule has 0 saturated heterocycles. The fourth-order valence-electron chi connectivity index (χ4n) is 1.69. The molecule has 5 nitrogen and oxygen atoms in total. The van der Waals surface area contributed by atoms with Gasteiger partial charge in [-0.3, -0.25) is 4.98 Å². The molecule has 0 fully saturated rings. The molecule has 0 aliphatic rings. The van der Waals surface area contributed by atoms with Crippen LogP contribution in [0.3, 0.4) is 0 Å². The van der Waals surface area contributed by atoms with E-state index in [2.05, 4.69) is 15.0 Å². The minimum absolute atomic E-state index is 0.0887. The Balaban J connectivity index is 2.18. The molecule has 0 radical (unpaired) electrons. The van der Waals surface area contributed by atoms with Crippen molar-refractivity contribution in [3.63, 3.8) is 0 Å². The second kappa shape index (κ2) is 3.48. The number of phenolic OH excluding ortho intramolecular Hbond substituents is 1. The summed E-state index contributed by atoms with van der Waals surface area (Å²) >= 11 is 0. The largest absolute Gasteiger partial charge is 0.508 e. The van der Waals surface area contributed by atoms with Crippen LogP contribution in [0.5, 0.6) is 11.5 Å². The number of nitrogens with zero attached hydrogens (tertiary/aromatic N) is 2. The fraction of sp³-hybridized carbons (Fsp3) is 0. The maximum absolute atomic E-state index is 9.35. The minimum Gasteiger partial charge on any atom is -0.508 e. The van der Waals surface area contributed by atoms with Gasteiger partial charge in [-0.15, -0.1) is 0 Å². The summed E-state index contributed by atoms with van der Waals surface area (Å²) < 4.78 is 0. The molecular weight excluding hydrogens is 218 g/mol. The normalized spacial score (nSPS) is 10.8. The maximum atomic E-state index is 9.35. The van der Waals surface area contributed by atoms with Crippen LogP contribution in [0, 0.1) is 0 Å². The number of aromatic nitrogens is 3. The van der Waals surface area contributed by atoms with Crippen LogP contribution in [-0.2, 0) is 0 Å². The molecule has 2 aromatic heterocycles. The molecule has 84 valence electrons. The molecular formula is C12H9N3O2. The summed E-state index contributed by atoms with van der Waals surface area (Å²) in [6.07, 6.45) is 2.97. The van der Waals surface area contributed by atoms with Crippen molar-refractivity contribution in [2.45, 2.75) is 0 Å². The number of rotatable bonds is 1. The molecule has 0 aliphatic heterocycles. The third-order valence-electron chi connectivity index (χ3n) is 2.46. The van der Waals surface area contributed by atoms with Crippen molar-refractivity contribution < 1.29 is 10.2 Å². The van der Waals surface area contributed by atoms with Gasteiger partial charge in [0.25, 0.3) is 0 Å². The van der Waals surface area contributed by atoms with E-state index >= 15 is 0 Å². The highest BCUT2D eigenvalue weighted by Crippen LogP contribution is 2.24. The minimum atomic E-state index is 0.0887. The Morgan fingerprint density at radius 1 is 1.00 bits per heavy atom. The number of hydrogen-bond donors (Lipinski definition) is 3. The Kier molecular flexibility index (Phi) is 1.98. The van der Waals surface area contributed by atoms with Crippen LogP contribution >= 0.6 is 0 Å². The van der Waals surface area contributed by atoms with Gasteiger partial charge in [0.2, 0.25) is 0 Å². The number of aromatic amines is 1. The van der Waals surface area contributed by atoms with E-state index in [1.807, 2.05) is 0 Å². The average molecular weight is 227 g/mol. The van der Waals surface area contributed by atoms with E-state index in [0.717, 1.165) is 11.0 Å². The van der Waals surface area contributed by atoms with Gasteiger partial charge in [-0.25, -0.2) is 4.98 Å². The van der Waals surface area contributed by atoms with Gasteiger partial charge >= 0.3 is 0 Å². The zero-order chi connectivity index (χ0) is 11.8. The van der Waals surface area contributed by atoms with E-state index in [4.69, 9.17) is 0 Å². The molecule has 0 bridgehead atoms. The monoisotopic (exact) mass is 227 g/mol. The first-order valence-electron chi connectivity index (χ1n) is 5.05. The molecule has 3 rings (SSSR count). The van der Waals surface area contributed by atoms with Gasteiger partial charge in [-0.05, 0) is 18.2 Å². The predicted octanol–water partition coefficient (Wildman–Crippen LogP) is 2.04. The number of phenols is 1. The summed E-state index contributed by atoms with van der Waals surface area (Å²) in [5.41, 5.74) is 2.19. The van der Waals surface area contributed by atoms with E-state index < -0.39 is 0 Å². The summed E-state index contributed by atoms with van der Waals surface area (Å²) in [6.45, 7) is 0. The summed E-state index contributed by atoms with van der Waals surface area (Å²) in [7, 11) is 0. The average Bonchev–Trinajstić information content (AvgIpc) is 2.72.